The lowest BCUT2D eigenvalue weighted by Crippen LogP contribution is -2.48. The minimum atomic E-state index is -0.603. The smallest absolute Gasteiger partial charge is 0.319 e. The van der Waals surface area contributed by atoms with Gasteiger partial charge < -0.3 is 9.64 Å². The molecule has 9 heteroatoms. The van der Waals surface area contributed by atoms with E-state index in [1.807, 2.05) is 24.3 Å². The molecule has 3 rings (SSSR count). The summed E-state index contributed by atoms with van der Waals surface area (Å²) in [5.74, 6) is 0.454. The Labute approximate surface area is 144 Å². The van der Waals surface area contributed by atoms with Crippen LogP contribution < -0.4 is 4.74 Å². The molecule has 2 aromatic rings. The molecule has 0 radical (unpaired) electrons. The Bertz CT molecular complexity index is 767. The molecule has 1 fully saturated rings. The Morgan fingerprint density at radius 1 is 1.32 bits per heavy atom. The summed E-state index contributed by atoms with van der Waals surface area (Å²) in [5, 5.41) is 17.0. The second-order valence-electron chi connectivity index (χ2n) is 5.77. The molecule has 0 spiro atoms. The molecule has 1 aliphatic rings. The number of nitrogens with zero attached hydrogens (tertiary/aromatic N) is 4. The van der Waals surface area contributed by atoms with Crippen LogP contribution in [0.2, 0.25) is 0 Å². The summed E-state index contributed by atoms with van der Waals surface area (Å²) in [4.78, 5) is 26.6. The van der Waals surface area contributed by atoms with E-state index < -0.39 is 4.92 Å². The third-order valence-electron chi connectivity index (χ3n) is 4.28. The number of aromatic nitrogens is 2. The molecule has 0 atom stereocenters. The van der Waals surface area contributed by atoms with Crippen molar-refractivity contribution in [3.05, 3.63) is 51.8 Å². The van der Waals surface area contributed by atoms with Crippen molar-refractivity contribution in [1.29, 1.82) is 0 Å². The summed E-state index contributed by atoms with van der Waals surface area (Å²) in [6.07, 6.45) is 1.06. The monoisotopic (exact) mass is 345 g/mol. The highest BCUT2D eigenvalue weighted by Gasteiger charge is 2.29. The molecule has 132 valence electrons. The predicted molar refractivity (Wildman–Crippen MR) is 89.4 cm³/mol. The molecule has 1 amide bonds. The van der Waals surface area contributed by atoms with Gasteiger partial charge in [-0.25, -0.2) is 0 Å². The maximum absolute atomic E-state index is 12.5. The number of carbonyl (C=O) groups is 1. The molecule has 9 nitrogen and oxygen atoms in total. The largest absolute Gasteiger partial charge is 0.496 e. The zero-order valence-electron chi connectivity index (χ0n) is 13.8. The molecule has 1 N–H and O–H groups in total. The molecular weight excluding hydrogens is 326 g/mol. The van der Waals surface area contributed by atoms with Crippen molar-refractivity contribution in [2.24, 2.45) is 0 Å². The average molecular weight is 345 g/mol. The van der Waals surface area contributed by atoms with Crippen molar-refractivity contribution in [2.75, 3.05) is 33.3 Å². The fraction of sp³-hybridized carbons (Fsp3) is 0.375. The number of ether oxygens (including phenoxy) is 1. The number of carbonyl (C=O) groups excluding carboxylic acids is 1. The molecule has 1 aromatic heterocycles. The standard InChI is InChI=1S/C16H19N5O4/c1-25-14-5-3-2-4-12(14)11-19-6-8-20(9-7-19)16(22)15-13(21(23)24)10-17-18-15/h2-5,10H,6-9,11H2,1H3,(H,17,18). The van der Waals surface area contributed by atoms with E-state index >= 15 is 0 Å². The van der Waals surface area contributed by atoms with Gasteiger partial charge in [0.1, 0.15) is 11.9 Å². The van der Waals surface area contributed by atoms with Crippen LogP contribution in [0.25, 0.3) is 0 Å². The lowest BCUT2D eigenvalue weighted by atomic mass is 10.1. The molecule has 1 aliphatic heterocycles. The first-order valence-corrected chi connectivity index (χ1v) is 7.91. The average Bonchev–Trinajstić information content (AvgIpc) is 3.12. The highest BCUT2D eigenvalue weighted by molar-refractivity contribution is 5.96. The van der Waals surface area contributed by atoms with Crippen molar-refractivity contribution >= 4 is 11.6 Å². The van der Waals surface area contributed by atoms with Crippen molar-refractivity contribution in [2.45, 2.75) is 6.54 Å². The van der Waals surface area contributed by atoms with Crippen LogP contribution in [0.5, 0.6) is 5.75 Å². The van der Waals surface area contributed by atoms with Gasteiger partial charge in [-0.15, -0.1) is 0 Å². The van der Waals surface area contributed by atoms with Gasteiger partial charge in [-0.2, -0.15) is 5.10 Å². The fourth-order valence-electron chi connectivity index (χ4n) is 2.92. The number of amides is 1. The Morgan fingerprint density at radius 2 is 2.04 bits per heavy atom. The van der Waals surface area contributed by atoms with E-state index in [-0.39, 0.29) is 17.3 Å². The van der Waals surface area contributed by atoms with Crippen molar-refractivity contribution < 1.29 is 14.5 Å². The van der Waals surface area contributed by atoms with Crippen molar-refractivity contribution in [1.82, 2.24) is 20.0 Å². The summed E-state index contributed by atoms with van der Waals surface area (Å²) in [5.41, 5.74) is 0.735. The van der Waals surface area contributed by atoms with Crippen molar-refractivity contribution in [3.8, 4) is 5.75 Å². The summed E-state index contributed by atoms with van der Waals surface area (Å²) >= 11 is 0. The Hall–Kier alpha value is -2.94. The highest BCUT2D eigenvalue weighted by atomic mass is 16.6. The molecular formula is C16H19N5O4. The highest BCUT2D eigenvalue weighted by Crippen LogP contribution is 2.21. The minimum Gasteiger partial charge on any atom is -0.496 e. The number of methoxy groups -OCH3 is 1. The molecule has 25 heavy (non-hydrogen) atoms. The number of aromatic amines is 1. The first kappa shape index (κ1) is 16.9. The molecule has 2 heterocycles. The number of nitrogens with one attached hydrogen (secondary N) is 1. The molecule has 1 aromatic carbocycles. The summed E-state index contributed by atoms with van der Waals surface area (Å²) < 4.78 is 5.36. The number of para-hydroxylation sites is 1. The van der Waals surface area contributed by atoms with Gasteiger partial charge in [0.15, 0.2) is 0 Å². The van der Waals surface area contributed by atoms with Gasteiger partial charge in [0.2, 0.25) is 5.69 Å². The van der Waals surface area contributed by atoms with E-state index in [1.54, 1.807) is 12.0 Å². The summed E-state index contributed by atoms with van der Waals surface area (Å²) in [7, 11) is 1.65. The molecule has 0 saturated carbocycles. The van der Waals surface area contributed by atoms with E-state index in [0.29, 0.717) is 26.2 Å². The quantitative estimate of drug-likeness (QED) is 0.647. The zero-order valence-corrected chi connectivity index (χ0v) is 13.8. The SMILES string of the molecule is COc1ccccc1CN1CCN(C(=O)c2[nH]ncc2[N+](=O)[O-])CC1. The lowest BCUT2D eigenvalue weighted by molar-refractivity contribution is -0.385. The number of nitro groups is 1. The number of rotatable bonds is 5. The second-order valence-corrected chi connectivity index (χ2v) is 5.77. The van der Waals surface area contributed by atoms with E-state index in [1.165, 1.54) is 0 Å². The van der Waals surface area contributed by atoms with E-state index in [9.17, 15) is 14.9 Å². The second kappa shape index (κ2) is 7.31. The molecule has 0 aliphatic carbocycles. The normalized spacial score (nSPS) is 15.2. The van der Waals surface area contributed by atoms with Gasteiger partial charge in [0.25, 0.3) is 5.91 Å². The first-order chi connectivity index (χ1) is 12.1. The van der Waals surface area contributed by atoms with Crippen LogP contribution in [0.3, 0.4) is 0 Å². The van der Waals surface area contributed by atoms with E-state index in [2.05, 4.69) is 15.1 Å². The molecule has 0 unspecified atom stereocenters. The Kier molecular flexibility index (Phi) is 4.94. The number of H-pyrrole nitrogens is 1. The third kappa shape index (κ3) is 3.61. The van der Waals surface area contributed by atoms with Crippen LogP contribution in [0.1, 0.15) is 16.1 Å². The first-order valence-electron chi connectivity index (χ1n) is 7.91. The number of hydrogen-bond donors (Lipinski definition) is 1. The summed E-state index contributed by atoms with van der Waals surface area (Å²) in [6, 6.07) is 7.84. The number of benzene rings is 1. The molecule has 0 bridgehead atoms. The zero-order chi connectivity index (χ0) is 17.8. The van der Waals surface area contributed by atoms with Crippen LogP contribution in [-0.4, -0.2) is 64.1 Å². The van der Waals surface area contributed by atoms with Gasteiger partial charge in [-0.05, 0) is 6.07 Å². The van der Waals surface area contributed by atoms with Gasteiger partial charge in [-0.3, -0.25) is 24.9 Å². The lowest BCUT2D eigenvalue weighted by Gasteiger charge is -2.34. The Balaban J connectivity index is 1.61. The van der Waals surface area contributed by atoms with Crippen LogP contribution in [-0.2, 0) is 6.54 Å². The topological polar surface area (TPSA) is 105 Å². The van der Waals surface area contributed by atoms with Gasteiger partial charge in [0.05, 0.1) is 12.0 Å². The predicted octanol–water partition coefficient (Wildman–Crippen LogP) is 1.28. The molecule has 1 saturated heterocycles. The van der Waals surface area contributed by atoms with E-state index in [0.717, 1.165) is 24.1 Å². The number of piperazine rings is 1. The fourth-order valence-corrected chi connectivity index (χ4v) is 2.92. The van der Waals surface area contributed by atoms with Crippen LogP contribution in [0.15, 0.2) is 30.5 Å². The van der Waals surface area contributed by atoms with E-state index in [4.69, 9.17) is 4.74 Å². The maximum Gasteiger partial charge on any atom is 0.319 e. The van der Waals surface area contributed by atoms with Gasteiger partial charge >= 0.3 is 5.69 Å². The van der Waals surface area contributed by atoms with Crippen molar-refractivity contribution in [3.63, 3.8) is 0 Å². The van der Waals surface area contributed by atoms with Crippen LogP contribution >= 0.6 is 0 Å². The summed E-state index contributed by atoms with van der Waals surface area (Å²) in [6.45, 7) is 3.11. The van der Waals surface area contributed by atoms with Crippen LogP contribution in [0, 0.1) is 10.1 Å². The van der Waals surface area contributed by atoms with Crippen LogP contribution in [0.4, 0.5) is 5.69 Å². The third-order valence-corrected chi connectivity index (χ3v) is 4.28. The van der Waals surface area contributed by atoms with Gasteiger partial charge in [-0.1, -0.05) is 18.2 Å². The minimum absolute atomic E-state index is 0.0665. The Morgan fingerprint density at radius 3 is 2.72 bits per heavy atom. The maximum atomic E-state index is 12.5. The van der Waals surface area contributed by atoms with Gasteiger partial charge in [0, 0.05) is 38.3 Å². The number of hydrogen-bond acceptors (Lipinski definition) is 6.